The van der Waals surface area contributed by atoms with E-state index < -0.39 is 9.84 Å². The molecule has 1 aromatic carbocycles. The zero-order chi connectivity index (χ0) is 13.8. The second-order valence-corrected chi connectivity index (χ2v) is 7.17. The van der Waals surface area contributed by atoms with Gasteiger partial charge in [-0.2, -0.15) is 5.26 Å². The molecule has 0 aliphatic carbocycles. The highest BCUT2D eigenvalue weighted by Gasteiger charge is 2.16. The summed E-state index contributed by atoms with van der Waals surface area (Å²) in [6.45, 7) is 3.83. The lowest BCUT2D eigenvalue weighted by Crippen LogP contribution is -2.28. The second kappa shape index (κ2) is 5.87. The fraction of sp³-hybridized carbons (Fsp3) is 0.462. The van der Waals surface area contributed by atoms with Crippen LogP contribution in [0.5, 0.6) is 0 Å². The van der Waals surface area contributed by atoms with Gasteiger partial charge in [-0.15, -0.1) is 0 Å². The van der Waals surface area contributed by atoms with Gasteiger partial charge >= 0.3 is 0 Å². The van der Waals surface area contributed by atoms with E-state index in [2.05, 4.69) is 0 Å². The lowest BCUT2D eigenvalue weighted by Gasteiger charge is -2.19. The first-order chi connectivity index (χ1) is 8.36. The highest BCUT2D eigenvalue weighted by Crippen LogP contribution is 2.13. The van der Waals surface area contributed by atoms with Crippen molar-refractivity contribution >= 4 is 15.5 Å². The molecule has 0 bridgehead atoms. The van der Waals surface area contributed by atoms with Crippen LogP contribution in [-0.2, 0) is 9.84 Å². The van der Waals surface area contributed by atoms with Crippen LogP contribution in [0.1, 0.15) is 19.4 Å². The van der Waals surface area contributed by atoms with Gasteiger partial charge in [0.15, 0.2) is 9.84 Å². The van der Waals surface area contributed by atoms with E-state index in [1.54, 1.807) is 26.0 Å². The number of anilines is 1. The van der Waals surface area contributed by atoms with E-state index in [4.69, 9.17) is 5.26 Å². The predicted molar refractivity (Wildman–Crippen MR) is 73.3 cm³/mol. The first-order valence-corrected chi connectivity index (χ1v) is 7.51. The van der Waals surface area contributed by atoms with E-state index in [9.17, 15) is 8.42 Å². The van der Waals surface area contributed by atoms with Crippen LogP contribution >= 0.6 is 0 Å². The van der Waals surface area contributed by atoms with Crippen LogP contribution < -0.4 is 4.90 Å². The summed E-state index contributed by atoms with van der Waals surface area (Å²) in [6, 6.07) is 9.14. The van der Waals surface area contributed by atoms with Gasteiger partial charge in [0.1, 0.15) is 0 Å². The Morgan fingerprint density at radius 2 is 1.83 bits per heavy atom. The third-order valence-electron chi connectivity index (χ3n) is 2.87. The van der Waals surface area contributed by atoms with Gasteiger partial charge in [0.2, 0.25) is 0 Å². The summed E-state index contributed by atoms with van der Waals surface area (Å²) < 4.78 is 23.4. The molecular weight excluding hydrogens is 248 g/mol. The largest absolute Gasteiger partial charge is 0.374 e. The van der Waals surface area contributed by atoms with Crippen molar-refractivity contribution in [3.05, 3.63) is 29.8 Å². The molecule has 0 radical (unpaired) electrons. The zero-order valence-corrected chi connectivity index (χ0v) is 11.7. The molecule has 0 unspecified atom stereocenters. The van der Waals surface area contributed by atoms with Crippen LogP contribution in [0.25, 0.3) is 0 Å². The quantitative estimate of drug-likeness (QED) is 0.815. The molecule has 0 aromatic heterocycles. The standard InChI is InChI=1S/C13H18N2O2S/c1-11(2)18(16,17)9-8-15(3)13-6-4-12(10-14)5-7-13/h4-7,11H,8-9H2,1-3H3. The molecule has 0 N–H and O–H groups in total. The number of benzene rings is 1. The minimum Gasteiger partial charge on any atom is -0.374 e. The average molecular weight is 266 g/mol. The van der Waals surface area contributed by atoms with E-state index >= 15 is 0 Å². The third kappa shape index (κ3) is 3.74. The molecule has 1 aromatic rings. The summed E-state index contributed by atoms with van der Waals surface area (Å²) in [7, 11) is -1.16. The van der Waals surface area contributed by atoms with Crippen molar-refractivity contribution in [2.75, 3.05) is 24.2 Å². The van der Waals surface area contributed by atoms with Crippen molar-refractivity contribution in [1.29, 1.82) is 5.26 Å². The van der Waals surface area contributed by atoms with Gasteiger partial charge in [-0.25, -0.2) is 8.42 Å². The molecule has 0 spiro atoms. The van der Waals surface area contributed by atoms with Crippen molar-refractivity contribution < 1.29 is 8.42 Å². The molecule has 0 saturated heterocycles. The molecule has 0 atom stereocenters. The first-order valence-electron chi connectivity index (χ1n) is 5.79. The van der Waals surface area contributed by atoms with Crippen molar-refractivity contribution in [3.63, 3.8) is 0 Å². The Hall–Kier alpha value is -1.54. The van der Waals surface area contributed by atoms with Gasteiger partial charge in [-0.1, -0.05) is 0 Å². The van der Waals surface area contributed by atoms with Gasteiger partial charge in [0, 0.05) is 19.3 Å². The van der Waals surface area contributed by atoms with Crippen LogP contribution in [0.2, 0.25) is 0 Å². The van der Waals surface area contributed by atoms with Crippen LogP contribution in [-0.4, -0.2) is 33.0 Å². The van der Waals surface area contributed by atoms with Crippen LogP contribution in [0.4, 0.5) is 5.69 Å². The maximum absolute atomic E-state index is 11.7. The Morgan fingerprint density at radius 1 is 1.28 bits per heavy atom. The molecule has 0 amide bonds. The molecule has 0 aliphatic rings. The highest BCUT2D eigenvalue weighted by molar-refractivity contribution is 7.92. The van der Waals surface area contributed by atoms with Crippen molar-refractivity contribution in [3.8, 4) is 6.07 Å². The summed E-state index contributed by atoms with van der Waals surface area (Å²) in [5, 5.41) is 8.35. The topological polar surface area (TPSA) is 61.2 Å². The summed E-state index contributed by atoms with van der Waals surface area (Å²) in [5.74, 6) is 0.140. The Labute approximate surface area is 109 Å². The van der Waals surface area contributed by atoms with Crippen molar-refractivity contribution in [2.45, 2.75) is 19.1 Å². The molecule has 0 saturated carbocycles. The maximum Gasteiger partial charge on any atom is 0.154 e. The fourth-order valence-corrected chi connectivity index (χ4v) is 2.42. The second-order valence-electron chi connectivity index (χ2n) is 4.50. The monoisotopic (exact) mass is 266 g/mol. The highest BCUT2D eigenvalue weighted by atomic mass is 32.2. The molecule has 5 heteroatoms. The van der Waals surface area contributed by atoms with Gasteiger partial charge in [0.05, 0.1) is 22.6 Å². The Kier molecular flexibility index (Phi) is 4.74. The summed E-state index contributed by atoms with van der Waals surface area (Å²) in [6.07, 6.45) is 0. The lowest BCUT2D eigenvalue weighted by molar-refractivity contribution is 0.586. The predicted octanol–water partition coefficient (Wildman–Crippen LogP) is 1.82. The van der Waals surface area contributed by atoms with E-state index in [0.717, 1.165) is 5.69 Å². The normalized spacial score (nSPS) is 11.3. The van der Waals surface area contributed by atoms with Crippen molar-refractivity contribution in [2.24, 2.45) is 0 Å². The molecule has 4 nitrogen and oxygen atoms in total. The number of hydrogen-bond acceptors (Lipinski definition) is 4. The van der Waals surface area contributed by atoms with Gasteiger partial charge in [-0.05, 0) is 38.1 Å². The molecule has 0 heterocycles. The van der Waals surface area contributed by atoms with E-state index in [-0.39, 0.29) is 11.0 Å². The fourth-order valence-electron chi connectivity index (χ4n) is 1.42. The molecule has 0 aliphatic heterocycles. The molecule has 1 rings (SSSR count). The molecule has 18 heavy (non-hydrogen) atoms. The smallest absolute Gasteiger partial charge is 0.154 e. The lowest BCUT2D eigenvalue weighted by atomic mass is 10.2. The minimum absolute atomic E-state index is 0.140. The van der Waals surface area contributed by atoms with Crippen molar-refractivity contribution in [1.82, 2.24) is 0 Å². The third-order valence-corrected chi connectivity index (χ3v) is 5.05. The number of hydrogen-bond donors (Lipinski definition) is 0. The molecular formula is C13H18N2O2S. The minimum atomic E-state index is -3.01. The van der Waals surface area contributed by atoms with Gasteiger partial charge in [0.25, 0.3) is 0 Å². The van der Waals surface area contributed by atoms with E-state index in [1.807, 2.05) is 30.1 Å². The average Bonchev–Trinajstić information content (AvgIpc) is 2.36. The Bertz CT molecular complexity index is 527. The van der Waals surface area contributed by atoms with Crippen LogP contribution in [0.3, 0.4) is 0 Å². The van der Waals surface area contributed by atoms with E-state index in [1.165, 1.54) is 0 Å². The molecule has 0 fully saturated rings. The van der Waals surface area contributed by atoms with Crippen LogP contribution in [0, 0.1) is 11.3 Å². The first kappa shape index (κ1) is 14.5. The summed E-state index contributed by atoms with van der Waals surface area (Å²) in [4.78, 5) is 1.88. The zero-order valence-electron chi connectivity index (χ0n) is 10.9. The maximum atomic E-state index is 11.7. The van der Waals surface area contributed by atoms with E-state index in [0.29, 0.717) is 12.1 Å². The number of rotatable bonds is 5. The number of sulfone groups is 1. The summed E-state index contributed by atoms with van der Waals surface area (Å²) >= 11 is 0. The summed E-state index contributed by atoms with van der Waals surface area (Å²) in [5.41, 5.74) is 1.51. The SMILES string of the molecule is CC(C)S(=O)(=O)CCN(C)c1ccc(C#N)cc1. The molecule has 98 valence electrons. The van der Waals surface area contributed by atoms with Crippen LogP contribution in [0.15, 0.2) is 24.3 Å². The van der Waals surface area contributed by atoms with Gasteiger partial charge in [-0.3, -0.25) is 0 Å². The number of nitrogens with zero attached hydrogens (tertiary/aromatic N) is 2. The number of nitriles is 1. The van der Waals surface area contributed by atoms with Gasteiger partial charge < -0.3 is 4.90 Å². The Morgan fingerprint density at radius 3 is 2.28 bits per heavy atom. The Balaban J connectivity index is 2.66.